The fourth-order valence-electron chi connectivity index (χ4n) is 1.12. The SMILES string of the molecule is CC1CC([N+](=O)[O-])=CC(N)=C1Cl. The molecule has 0 aliphatic heterocycles. The van der Waals surface area contributed by atoms with Gasteiger partial charge in [-0.15, -0.1) is 0 Å². The first kappa shape index (κ1) is 9.06. The Morgan fingerprint density at radius 1 is 1.83 bits per heavy atom. The van der Waals surface area contributed by atoms with E-state index >= 15 is 0 Å². The molecule has 0 spiro atoms. The van der Waals surface area contributed by atoms with Crippen LogP contribution in [0.3, 0.4) is 0 Å². The zero-order valence-electron chi connectivity index (χ0n) is 6.58. The normalized spacial score (nSPS) is 23.8. The Hall–Kier alpha value is -1.03. The van der Waals surface area contributed by atoms with Crippen molar-refractivity contribution in [2.24, 2.45) is 11.7 Å². The monoisotopic (exact) mass is 188 g/mol. The van der Waals surface area contributed by atoms with Gasteiger partial charge in [0, 0.05) is 23.4 Å². The third kappa shape index (κ3) is 1.58. The molecule has 0 heterocycles. The topological polar surface area (TPSA) is 69.2 Å². The van der Waals surface area contributed by atoms with Crippen LogP contribution in [0.15, 0.2) is 22.5 Å². The molecule has 0 aromatic heterocycles. The van der Waals surface area contributed by atoms with Gasteiger partial charge < -0.3 is 5.73 Å². The Labute approximate surface area is 74.8 Å². The van der Waals surface area contributed by atoms with Crippen molar-refractivity contribution in [2.75, 3.05) is 0 Å². The number of halogens is 1. The van der Waals surface area contributed by atoms with Crippen LogP contribution in [0.25, 0.3) is 0 Å². The lowest BCUT2D eigenvalue weighted by atomic mass is 9.98. The lowest BCUT2D eigenvalue weighted by Gasteiger charge is -2.14. The van der Waals surface area contributed by atoms with Crippen molar-refractivity contribution < 1.29 is 4.92 Å². The van der Waals surface area contributed by atoms with E-state index in [4.69, 9.17) is 17.3 Å². The fourth-order valence-corrected chi connectivity index (χ4v) is 1.25. The molecule has 0 fully saturated rings. The Kier molecular flexibility index (Phi) is 2.38. The molecule has 66 valence electrons. The zero-order chi connectivity index (χ0) is 9.30. The van der Waals surface area contributed by atoms with Crippen molar-refractivity contribution in [2.45, 2.75) is 13.3 Å². The van der Waals surface area contributed by atoms with Crippen LogP contribution in [0, 0.1) is 16.0 Å². The van der Waals surface area contributed by atoms with Crippen molar-refractivity contribution >= 4 is 11.6 Å². The van der Waals surface area contributed by atoms with Crippen molar-refractivity contribution in [3.63, 3.8) is 0 Å². The van der Waals surface area contributed by atoms with Gasteiger partial charge in [0.05, 0.1) is 10.6 Å². The number of rotatable bonds is 1. The number of hydrogen-bond donors (Lipinski definition) is 1. The Balaban J connectivity index is 2.98. The molecule has 1 aliphatic rings. The van der Waals surface area contributed by atoms with Gasteiger partial charge >= 0.3 is 0 Å². The molecule has 0 aromatic rings. The van der Waals surface area contributed by atoms with E-state index in [9.17, 15) is 10.1 Å². The van der Waals surface area contributed by atoms with Crippen LogP contribution in [0.4, 0.5) is 0 Å². The molecule has 0 bridgehead atoms. The van der Waals surface area contributed by atoms with E-state index < -0.39 is 4.92 Å². The van der Waals surface area contributed by atoms with Gasteiger partial charge in [0.25, 0.3) is 0 Å². The minimum atomic E-state index is -0.424. The molecule has 4 nitrogen and oxygen atoms in total. The van der Waals surface area contributed by atoms with Gasteiger partial charge in [0.1, 0.15) is 0 Å². The van der Waals surface area contributed by atoms with Gasteiger partial charge in [0.15, 0.2) is 0 Å². The summed E-state index contributed by atoms with van der Waals surface area (Å²) in [4.78, 5) is 9.94. The summed E-state index contributed by atoms with van der Waals surface area (Å²) >= 11 is 5.78. The molecule has 1 unspecified atom stereocenters. The standard InChI is InChI=1S/C7H9ClN2O2/c1-4-2-5(10(11)12)3-6(9)7(4)8/h3-4H,2,9H2,1H3. The third-order valence-corrected chi connectivity index (χ3v) is 2.37. The van der Waals surface area contributed by atoms with Gasteiger partial charge in [-0.1, -0.05) is 18.5 Å². The summed E-state index contributed by atoms with van der Waals surface area (Å²) in [6.45, 7) is 1.81. The van der Waals surface area contributed by atoms with Crippen molar-refractivity contribution in [3.8, 4) is 0 Å². The van der Waals surface area contributed by atoms with Gasteiger partial charge in [0.2, 0.25) is 5.70 Å². The lowest BCUT2D eigenvalue weighted by molar-refractivity contribution is -0.428. The van der Waals surface area contributed by atoms with E-state index in [2.05, 4.69) is 0 Å². The Bertz CT molecular complexity index is 283. The van der Waals surface area contributed by atoms with Crippen molar-refractivity contribution in [3.05, 3.63) is 32.6 Å². The second kappa shape index (κ2) is 3.15. The van der Waals surface area contributed by atoms with Gasteiger partial charge in [-0.05, 0) is 0 Å². The maximum atomic E-state index is 10.4. The molecule has 12 heavy (non-hydrogen) atoms. The predicted molar refractivity (Wildman–Crippen MR) is 45.9 cm³/mol. The van der Waals surface area contributed by atoms with Crippen molar-refractivity contribution in [1.82, 2.24) is 0 Å². The van der Waals surface area contributed by atoms with Gasteiger partial charge in [-0.25, -0.2) is 0 Å². The summed E-state index contributed by atoms with van der Waals surface area (Å²) in [6, 6.07) is 0. The maximum absolute atomic E-state index is 10.4. The molecule has 0 aromatic carbocycles. The quantitative estimate of drug-likeness (QED) is 0.502. The molecule has 0 saturated carbocycles. The van der Waals surface area contributed by atoms with Gasteiger partial charge in [-0.3, -0.25) is 10.1 Å². The van der Waals surface area contributed by atoms with E-state index in [1.165, 1.54) is 6.08 Å². The molecular weight excluding hydrogens is 180 g/mol. The minimum absolute atomic E-state index is 0.0444. The first-order valence-corrected chi connectivity index (χ1v) is 3.90. The number of nitrogens with two attached hydrogens (primary N) is 1. The van der Waals surface area contributed by atoms with Crippen LogP contribution in [0.1, 0.15) is 13.3 Å². The smallest absolute Gasteiger partial charge is 0.248 e. The number of hydrogen-bond acceptors (Lipinski definition) is 3. The number of nitrogens with zero attached hydrogens (tertiary/aromatic N) is 1. The average Bonchev–Trinajstić information content (AvgIpc) is 1.99. The van der Waals surface area contributed by atoms with Crippen LogP contribution < -0.4 is 5.73 Å². The van der Waals surface area contributed by atoms with Crippen LogP contribution in [-0.2, 0) is 0 Å². The Morgan fingerprint density at radius 2 is 2.42 bits per heavy atom. The van der Waals surface area contributed by atoms with Crippen LogP contribution in [0.5, 0.6) is 0 Å². The molecule has 0 radical (unpaired) electrons. The molecule has 1 rings (SSSR count). The molecular formula is C7H9ClN2O2. The minimum Gasteiger partial charge on any atom is -0.398 e. The van der Waals surface area contributed by atoms with Crippen LogP contribution in [-0.4, -0.2) is 4.92 Å². The average molecular weight is 189 g/mol. The largest absolute Gasteiger partial charge is 0.398 e. The zero-order valence-corrected chi connectivity index (χ0v) is 7.34. The van der Waals surface area contributed by atoms with Crippen LogP contribution >= 0.6 is 11.6 Å². The van der Waals surface area contributed by atoms with Crippen molar-refractivity contribution in [1.29, 1.82) is 0 Å². The predicted octanol–water partition coefficient (Wildman–Crippen LogP) is 1.60. The molecule has 2 N–H and O–H groups in total. The summed E-state index contributed by atoms with van der Waals surface area (Å²) in [5.41, 5.74) is 5.90. The third-order valence-electron chi connectivity index (χ3n) is 1.78. The highest BCUT2D eigenvalue weighted by molar-refractivity contribution is 6.30. The van der Waals surface area contributed by atoms with Gasteiger partial charge in [-0.2, -0.15) is 0 Å². The summed E-state index contributed by atoms with van der Waals surface area (Å²) in [5.74, 6) is -0.0444. The van der Waals surface area contributed by atoms with E-state index in [0.29, 0.717) is 17.2 Å². The highest BCUT2D eigenvalue weighted by Gasteiger charge is 2.24. The summed E-state index contributed by atoms with van der Waals surface area (Å²) in [5, 5.41) is 10.9. The second-order valence-electron chi connectivity index (χ2n) is 2.80. The first-order valence-electron chi connectivity index (χ1n) is 3.52. The molecule has 1 aliphatic carbocycles. The number of nitro groups is 1. The summed E-state index contributed by atoms with van der Waals surface area (Å²) < 4.78 is 0. The number of allylic oxidation sites excluding steroid dienone is 3. The maximum Gasteiger partial charge on any atom is 0.248 e. The second-order valence-corrected chi connectivity index (χ2v) is 3.21. The Morgan fingerprint density at radius 3 is 2.83 bits per heavy atom. The molecule has 1 atom stereocenters. The molecule has 0 amide bonds. The van der Waals surface area contributed by atoms with E-state index in [-0.39, 0.29) is 11.6 Å². The highest BCUT2D eigenvalue weighted by atomic mass is 35.5. The van der Waals surface area contributed by atoms with Crippen LogP contribution in [0.2, 0.25) is 0 Å². The molecule has 0 saturated heterocycles. The van der Waals surface area contributed by atoms with E-state index in [1.807, 2.05) is 6.92 Å². The lowest BCUT2D eigenvalue weighted by Crippen LogP contribution is -2.14. The fraction of sp³-hybridized carbons (Fsp3) is 0.429. The first-order chi connectivity index (χ1) is 5.52. The van der Waals surface area contributed by atoms with E-state index in [1.54, 1.807) is 0 Å². The highest BCUT2D eigenvalue weighted by Crippen LogP contribution is 2.29. The molecule has 5 heteroatoms. The summed E-state index contributed by atoms with van der Waals surface area (Å²) in [7, 11) is 0. The summed E-state index contributed by atoms with van der Waals surface area (Å²) in [6.07, 6.45) is 1.68. The van der Waals surface area contributed by atoms with E-state index in [0.717, 1.165) is 0 Å².